The fraction of sp³-hybridized carbons (Fsp3) is 0.364. The number of likely N-dealkylation sites (tertiary alicyclic amines) is 1. The molecule has 0 saturated carbocycles. The van der Waals surface area contributed by atoms with Crippen LogP contribution in [-0.2, 0) is 0 Å². The molecule has 1 aromatic heterocycles. The molecule has 3 aromatic rings. The Morgan fingerprint density at radius 2 is 1.73 bits per heavy atom. The maximum atomic E-state index is 13.3. The highest BCUT2D eigenvalue weighted by Gasteiger charge is 2.43. The number of methoxy groups -OCH3 is 2. The monoisotopic (exact) mass is 443 g/mol. The van der Waals surface area contributed by atoms with Gasteiger partial charge in [-0.3, -0.25) is 4.79 Å². The molecule has 1 amide bonds. The number of amides is 1. The molecular weight excluding hydrogens is 422 g/mol. The number of hydrogen-bond acceptors (Lipinski definition) is 6. The van der Waals surface area contributed by atoms with Crippen LogP contribution in [0.15, 0.2) is 36.4 Å². The molecule has 0 aliphatic carbocycles. The third kappa shape index (κ3) is 3.26. The van der Waals surface area contributed by atoms with Gasteiger partial charge in [0.05, 0.1) is 24.4 Å². The molecule has 2 atom stereocenters. The maximum absolute atomic E-state index is 13.3. The summed E-state index contributed by atoms with van der Waals surface area (Å²) in [6.07, 6.45) is 0. The van der Waals surface area contributed by atoms with Gasteiger partial charge in [-0.1, -0.05) is 29.0 Å². The summed E-state index contributed by atoms with van der Waals surface area (Å²) in [7, 11) is 3.15. The van der Waals surface area contributed by atoms with E-state index in [9.17, 15) is 4.79 Å². The van der Waals surface area contributed by atoms with Crippen molar-refractivity contribution in [3.63, 3.8) is 0 Å². The summed E-state index contributed by atoms with van der Waals surface area (Å²) in [5.74, 6) is 1.94. The fourth-order valence-corrected chi connectivity index (χ4v) is 5.82. The molecule has 8 heteroatoms. The molecule has 3 heterocycles. The van der Waals surface area contributed by atoms with Crippen LogP contribution >= 0.6 is 22.9 Å². The van der Waals surface area contributed by atoms with Gasteiger partial charge < -0.3 is 19.3 Å². The molecule has 2 unspecified atom stereocenters. The van der Waals surface area contributed by atoms with Crippen molar-refractivity contribution >= 4 is 44.2 Å². The second-order valence-corrected chi connectivity index (χ2v) is 9.23. The number of halogens is 1. The van der Waals surface area contributed by atoms with Crippen molar-refractivity contribution in [3.05, 3.63) is 47.0 Å². The molecule has 0 spiro atoms. The number of anilines is 1. The van der Waals surface area contributed by atoms with E-state index in [1.54, 1.807) is 37.7 Å². The number of rotatable bonds is 4. The lowest BCUT2D eigenvalue weighted by Crippen LogP contribution is -2.33. The van der Waals surface area contributed by atoms with Gasteiger partial charge in [-0.05, 0) is 30.3 Å². The molecule has 156 valence electrons. The minimum absolute atomic E-state index is 0.0279. The lowest BCUT2D eigenvalue weighted by atomic mass is 10.0. The lowest BCUT2D eigenvalue weighted by molar-refractivity contribution is 0.0775. The molecule has 0 bridgehead atoms. The van der Waals surface area contributed by atoms with E-state index in [1.807, 2.05) is 29.2 Å². The summed E-state index contributed by atoms with van der Waals surface area (Å²) in [6, 6.07) is 11.2. The molecule has 0 N–H and O–H groups in total. The zero-order valence-corrected chi connectivity index (χ0v) is 18.4. The van der Waals surface area contributed by atoms with E-state index in [1.165, 1.54) is 0 Å². The largest absolute Gasteiger partial charge is 0.496 e. The zero-order valence-electron chi connectivity index (χ0n) is 16.8. The van der Waals surface area contributed by atoms with Crippen LogP contribution in [0.5, 0.6) is 11.5 Å². The van der Waals surface area contributed by atoms with E-state index in [0.29, 0.717) is 28.9 Å². The first-order valence-corrected chi connectivity index (χ1v) is 11.1. The van der Waals surface area contributed by atoms with E-state index in [0.717, 1.165) is 46.5 Å². The van der Waals surface area contributed by atoms with Gasteiger partial charge in [0.1, 0.15) is 17.1 Å². The van der Waals surface area contributed by atoms with Gasteiger partial charge in [0.2, 0.25) is 0 Å². The Morgan fingerprint density at radius 1 is 1.07 bits per heavy atom. The number of hydrogen-bond donors (Lipinski definition) is 0. The average Bonchev–Trinajstić information content (AvgIpc) is 3.44. The van der Waals surface area contributed by atoms with Crippen LogP contribution in [-0.4, -0.2) is 56.2 Å². The van der Waals surface area contributed by atoms with Gasteiger partial charge in [-0.15, -0.1) is 0 Å². The average molecular weight is 444 g/mol. The van der Waals surface area contributed by atoms with Crippen molar-refractivity contribution in [3.8, 4) is 11.5 Å². The normalized spacial score (nSPS) is 20.6. The predicted molar refractivity (Wildman–Crippen MR) is 119 cm³/mol. The van der Waals surface area contributed by atoms with Crippen molar-refractivity contribution in [1.29, 1.82) is 0 Å². The topological polar surface area (TPSA) is 54.9 Å². The van der Waals surface area contributed by atoms with Gasteiger partial charge in [0.15, 0.2) is 5.13 Å². The van der Waals surface area contributed by atoms with E-state index in [-0.39, 0.29) is 5.91 Å². The highest BCUT2D eigenvalue weighted by Crippen LogP contribution is 2.39. The summed E-state index contributed by atoms with van der Waals surface area (Å²) in [5.41, 5.74) is 1.49. The number of fused-ring (bicyclic) bond motifs is 2. The Bertz CT molecular complexity index is 1080. The molecule has 2 fully saturated rings. The maximum Gasteiger partial charge on any atom is 0.261 e. The van der Waals surface area contributed by atoms with E-state index in [4.69, 9.17) is 26.1 Å². The summed E-state index contributed by atoms with van der Waals surface area (Å²) < 4.78 is 12.0. The van der Waals surface area contributed by atoms with Crippen molar-refractivity contribution in [2.24, 2.45) is 11.8 Å². The third-order valence-corrected chi connectivity index (χ3v) is 7.34. The number of ether oxygens (including phenoxy) is 2. The summed E-state index contributed by atoms with van der Waals surface area (Å²) >= 11 is 7.79. The van der Waals surface area contributed by atoms with Crippen LogP contribution < -0.4 is 14.4 Å². The predicted octanol–water partition coefficient (Wildman–Crippen LogP) is 4.18. The van der Waals surface area contributed by atoms with Crippen molar-refractivity contribution in [2.45, 2.75) is 0 Å². The van der Waals surface area contributed by atoms with Gasteiger partial charge in [-0.2, -0.15) is 0 Å². The molecule has 6 nitrogen and oxygen atoms in total. The van der Waals surface area contributed by atoms with Crippen LogP contribution in [0.25, 0.3) is 10.2 Å². The summed E-state index contributed by atoms with van der Waals surface area (Å²) in [4.78, 5) is 22.3. The number of aromatic nitrogens is 1. The third-order valence-electron chi connectivity index (χ3n) is 6.02. The van der Waals surface area contributed by atoms with Crippen LogP contribution in [0.1, 0.15) is 10.4 Å². The Labute approximate surface area is 184 Å². The molecule has 2 saturated heterocycles. The number of thiazole rings is 1. The van der Waals surface area contributed by atoms with Crippen molar-refractivity contribution in [2.75, 3.05) is 45.3 Å². The number of carbonyl (C=O) groups excluding carboxylic acids is 1. The fourth-order valence-electron chi connectivity index (χ4n) is 4.56. The molecular formula is C22H22ClN3O3S. The summed E-state index contributed by atoms with van der Waals surface area (Å²) in [5, 5.41) is 1.77. The Balaban J connectivity index is 1.32. The first-order chi connectivity index (χ1) is 14.6. The SMILES string of the molecule is COc1cccc(OC)c1C(=O)N1CC2CN(c3nc4ccc(Cl)cc4s3)CC2C1. The first-order valence-electron chi connectivity index (χ1n) is 9.88. The molecule has 0 radical (unpaired) electrons. The summed E-state index contributed by atoms with van der Waals surface area (Å²) in [6.45, 7) is 3.28. The molecule has 2 aliphatic rings. The molecule has 2 aromatic carbocycles. The second kappa shape index (κ2) is 7.63. The quantitative estimate of drug-likeness (QED) is 0.605. The van der Waals surface area contributed by atoms with Gasteiger partial charge in [0, 0.05) is 43.0 Å². The van der Waals surface area contributed by atoms with E-state index in [2.05, 4.69) is 4.90 Å². The van der Waals surface area contributed by atoms with Gasteiger partial charge in [-0.25, -0.2) is 4.98 Å². The molecule has 2 aliphatic heterocycles. The van der Waals surface area contributed by atoms with E-state index < -0.39 is 0 Å². The van der Waals surface area contributed by atoms with Crippen LogP contribution in [0.3, 0.4) is 0 Å². The number of nitrogens with zero attached hydrogens (tertiary/aromatic N) is 3. The van der Waals surface area contributed by atoms with E-state index >= 15 is 0 Å². The smallest absolute Gasteiger partial charge is 0.261 e. The Kier molecular flexibility index (Phi) is 4.95. The van der Waals surface area contributed by atoms with Crippen molar-refractivity contribution < 1.29 is 14.3 Å². The molecule has 5 rings (SSSR count). The van der Waals surface area contributed by atoms with Crippen LogP contribution in [0.2, 0.25) is 5.02 Å². The first kappa shape index (κ1) is 19.5. The Morgan fingerprint density at radius 3 is 2.37 bits per heavy atom. The Hall–Kier alpha value is -2.51. The van der Waals surface area contributed by atoms with Crippen LogP contribution in [0, 0.1) is 11.8 Å². The minimum atomic E-state index is -0.0279. The number of benzene rings is 2. The van der Waals surface area contributed by atoms with Gasteiger partial charge >= 0.3 is 0 Å². The second-order valence-electron chi connectivity index (χ2n) is 7.78. The van der Waals surface area contributed by atoms with Crippen LogP contribution in [0.4, 0.5) is 5.13 Å². The molecule has 30 heavy (non-hydrogen) atoms. The highest BCUT2D eigenvalue weighted by atomic mass is 35.5. The minimum Gasteiger partial charge on any atom is -0.496 e. The zero-order chi connectivity index (χ0) is 20.8. The van der Waals surface area contributed by atoms with Crippen molar-refractivity contribution in [1.82, 2.24) is 9.88 Å². The standard InChI is InChI=1S/C22H22ClN3O3S/c1-28-17-4-3-5-18(29-2)20(17)21(27)25-9-13-11-26(12-14(13)10-25)22-24-16-7-6-15(23)8-19(16)30-22/h3-8,13-14H,9-12H2,1-2H3. The highest BCUT2D eigenvalue weighted by molar-refractivity contribution is 7.22. The number of carbonyl (C=O) groups is 1. The van der Waals surface area contributed by atoms with Gasteiger partial charge in [0.25, 0.3) is 5.91 Å². The lowest BCUT2D eigenvalue weighted by Gasteiger charge is -2.23.